The molecule has 2 N–H and O–H groups in total. The van der Waals surface area contributed by atoms with Crippen molar-refractivity contribution in [2.75, 3.05) is 5.73 Å². The highest BCUT2D eigenvalue weighted by molar-refractivity contribution is 7.13. The molecule has 4 heteroatoms. The first-order valence-electron chi connectivity index (χ1n) is 8.03. The first kappa shape index (κ1) is 12.3. The van der Waals surface area contributed by atoms with Gasteiger partial charge in [0.15, 0.2) is 0 Å². The second-order valence-corrected chi connectivity index (χ2v) is 8.39. The molecule has 0 saturated heterocycles. The van der Waals surface area contributed by atoms with Crippen LogP contribution in [0.3, 0.4) is 0 Å². The number of rotatable bonds is 2. The zero-order valence-corrected chi connectivity index (χ0v) is 12.9. The van der Waals surface area contributed by atoms with Gasteiger partial charge in [-0.2, -0.15) is 0 Å². The van der Waals surface area contributed by atoms with Crippen molar-refractivity contribution in [1.82, 2.24) is 5.16 Å². The number of aromatic nitrogens is 1. The largest absolute Gasteiger partial charge is 0.367 e. The standard InChI is InChI=1S/C17H20N2OS/c18-16-14(13-2-1-3-21-13)15(19-20-16)17-7-10-4-11(8-17)6-12(5-10)9-17/h1-3,10-12H,4-9,18H2. The highest BCUT2D eigenvalue weighted by Gasteiger charge is 2.54. The summed E-state index contributed by atoms with van der Waals surface area (Å²) in [7, 11) is 0. The molecule has 4 aliphatic carbocycles. The summed E-state index contributed by atoms with van der Waals surface area (Å²) in [5.41, 5.74) is 8.63. The molecule has 0 aromatic carbocycles. The number of nitrogens with zero attached hydrogens (tertiary/aromatic N) is 1. The van der Waals surface area contributed by atoms with E-state index in [1.807, 2.05) is 0 Å². The molecule has 21 heavy (non-hydrogen) atoms. The highest BCUT2D eigenvalue weighted by atomic mass is 32.1. The summed E-state index contributed by atoms with van der Waals surface area (Å²) in [5.74, 6) is 3.23. The topological polar surface area (TPSA) is 52.0 Å². The summed E-state index contributed by atoms with van der Waals surface area (Å²) in [5, 5.41) is 6.57. The van der Waals surface area contributed by atoms with Crippen molar-refractivity contribution in [2.45, 2.75) is 43.9 Å². The van der Waals surface area contributed by atoms with Gasteiger partial charge in [0.2, 0.25) is 5.88 Å². The molecule has 2 aromatic heterocycles. The molecule has 2 aromatic rings. The Balaban J connectivity index is 1.65. The molecule has 0 unspecified atom stereocenters. The van der Waals surface area contributed by atoms with Gasteiger partial charge in [0.05, 0.1) is 5.56 Å². The summed E-state index contributed by atoms with van der Waals surface area (Å²) in [6.07, 6.45) is 8.22. The lowest BCUT2D eigenvalue weighted by molar-refractivity contribution is -0.00819. The monoisotopic (exact) mass is 300 g/mol. The van der Waals surface area contributed by atoms with Crippen LogP contribution < -0.4 is 5.73 Å². The number of nitrogen functional groups attached to an aromatic ring is 1. The minimum Gasteiger partial charge on any atom is -0.367 e. The van der Waals surface area contributed by atoms with E-state index in [1.165, 1.54) is 49.1 Å². The smallest absolute Gasteiger partial charge is 0.231 e. The SMILES string of the molecule is Nc1onc(C23CC4CC(CC(C4)C2)C3)c1-c1cccs1. The second kappa shape index (κ2) is 4.13. The normalized spacial score (nSPS) is 37.2. The van der Waals surface area contributed by atoms with Crippen molar-refractivity contribution in [2.24, 2.45) is 17.8 Å². The Morgan fingerprint density at radius 2 is 1.81 bits per heavy atom. The third kappa shape index (κ3) is 1.68. The molecule has 110 valence electrons. The van der Waals surface area contributed by atoms with Crippen LogP contribution in [0.2, 0.25) is 0 Å². The van der Waals surface area contributed by atoms with Gasteiger partial charge >= 0.3 is 0 Å². The molecule has 4 bridgehead atoms. The summed E-state index contributed by atoms with van der Waals surface area (Å²) in [6, 6.07) is 4.22. The fourth-order valence-electron chi connectivity index (χ4n) is 5.72. The summed E-state index contributed by atoms with van der Waals surface area (Å²) < 4.78 is 5.44. The third-order valence-corrected chi connectivity index (χ3v) is 6.91. The van der Waals surface area contributed by atoms with E-state index in [2.05, 4.69) is 22.7 Å². The van der Waals surface area contributed by atoms with Crippen LogP contribution in [0.15, 0.2) is 22.0 Å². The van der Waals surface area contributed by atoms with Crippen molar-refractivity contribution in [1.29, 1.82) is 0 Å². The molecule has 4 aliphatic rings. The summed E-state index contributed by atoms with van der Waals surface area (Å²) in [4.78, 5) is 1.21. The third-order valence-electron chi connectivity index (χ3n) is 6.03. The Morgan fingerprint density at radius 1 is 1.14 bits per heavy atom. The lowest BCUT2D eigenvalue weighted by Gasteiger charge is -2.56. The molecule has 0 spiro atoms. The number of hydrogen-bond donors (Lipinski definition) is 1. The minimum atomic E-state index is 0.245. The zero-order chi connectivity index (χ0) is 14.0. The molecule has 4 saturated carbocycles. The van der Waals surface area contributed by atoms with E-state index in [4.69, 9.17) is 10.3 Å². The first-order chi connectivity index (χ1) is 10.2. The maximum Gasteiger partial charge on any atom is 0.231 e. The van der Waals surface area contributed by atoms with Gasteiger partial charge in [0, 0.05) is 10.3 Å². The van der Waals surface area contributed by atoms with Crippen LogP contribution in [0.25, 0.3) is 10.4 Å². The van der Waals surface area contributed by atoms with Gasteiger partial charge in [-0.15, -0.1) is 11.3 Å². The van der Waals surface area contributed by atoms with Crippen molar-refractivity contribution < 1.29 is 4.52 Å². The average molecular weight is 300 g/mol. The number of hydrogen-bond acceptors (Lipinski definition) is 4. The quantitative estimate of drug-likeness (QED) is 0.891. The van der Waals surface area contributed by atoms with Gasteiger partial charge in [0.1, 0.15) is 5.69 Å². The van der Waals surface area contributed by atoms with Crippen LogP contribution >= 0.6 is 11.3 Å². The molecule has 0 radical (unpaired) electrons. The molecule has 4 fully saturated rings. The Morgan fingerprint density at radius 3 is 2.38 bits per heavy atom. The van der Waals surface area contributed by atoms with Crippen molar-refractivity contribution >= 4 is 17.2 Å². The van der Waals surface area contributed by atoms with Gasteiger partial charge in [-0.05, 0) is 67.7 Å². The number of thiophene rings is 1. The molecule has 0 amide bonds. The van der Waals surface area contributed by atoms with Crippen LogP contribution in [-0.4, -0.2) is 5.16 Å². The predicted molar refractivity (Wildman–Crippen MR) is 84.1 cm³/mol. The Labute approximate surface area is 128 Å². The number of anilines is 1. The molecule has 2 heterocycles. The van der Waals surface area contributed by atoms with E-state index in [-0.39, 0.29) is 5.41 Å². The summed E-state index contributed by atoms with van der Waals surface area (Å²) >= 11 is 1.73. The van der Waals surface area contributed by atoms with Crippen LogP contribution in [0, 0.1) is 17.8 Å². The van der Waals surface area contributed by atoms with E-state index >= 15 is 0 Å². The molecule has 0 aliphatic heterocycles. The lowest BCUT2D eigenvalue weighted by Crippen LogP contribution is -2.48. The Hall–Kier alpha value is -1.29. The lowest BCUT2D eigenvalue weighted by atomic mass is 9.48. The zero-order valence-electron chi connectivity index (χ0n) is 12.0. The molecule has 0 atom stereocenters. The maximum absolute atomic E-state index is 6.13. The van der Waals surface area contributed by atoms with Crippen molar-refractivity contribution in [3.63, 3.8) is 0 Å². The van der Waals surface area contributed by atoms with Crippen molar-refractivity contribution in [3.8, 4) is 10.4 Å². The van der Waals surface area contributed by atoms with Crippen LogP contribution in [0.1, 0.15) is 44.2 Å². The predicted octanol–water partition coefficient (Wildman–Crippen LogP) is 4.45. The Kier molecular flexibility index (Phi) is 2.41. The van der Waals surface area contributed by atoms with Crippen LogP contribution in [0.4, 0.5) is 5.88 Å². The number of nitrogens with two attached hydrogens (primary N) is 1. The molecule has 3 nitrogen and oxygen atoms in total. The summed E-state index contributed by atoms with van der Waals surface area (Å²) in [6.45, 7) is 0. The fraction of sp³-hybridized carbons (Fsp3) is 0.588. The molecular formula is C17H20N2OS. The van der Waals surface area contributed by atoms with E-state index in [1.54, 1.807) is 11.3 Å². The Bertz CT molecular complexity index is 638. The van der Waals surface area contributed by atoms with Gasteiger partial charge in [-0.3, -0.25) is 0 Å². The van der Waals surface area contributed by atoms with Gasteiger partial charge in [-0.1, -0.05) is 11.2 Å². The van der Waals surface area contributed by atoms with Gasteiger partial charge < -0.3 is 10.3 Å². The van der Waals surface area contributed by atoms with Crippen molar-refractivity contribution in [3.05, 3.63) is 23.2 Å². The van der Waals surface area contributed by atoms with Gasteiger partial charge in [0.25, 0.3) is 0 Å². The minimum absolute atomic E-state index is 0.245. The van der Waals surface area contributed by atoms with Gasteiger partial charge in [-0.25, -0.2) is 0 Å². The average Bonchev–Trinajstić information content (AvgIpc) is 3.05. The molecule has 6 rings (SSSR count). The second-order valence-electron chi connectivity index (χ2n) is 7.45. The van der Waals surface area contributed by atoms with Crippen LogP contribution in [-0.2, 0) is 5.41 Å². The fourth-order valence-corrected chi connectivity index (χ4v) is 6.50. The van der Waals surface area contributed by atoms with E-state index in [0.717, 1.165) is 23.3 Å². The van der Waals surface area contributed by atoms with Crippen LogP contribution in [0.5, 0.6) is 0 Å². The van der Waals surface area contributed by atoms with E-state index < -0.39 is 0 Å². The first-order valence-corrected chi connectivity index (χ1v) is 8.91. The maximum atomic E-state index is 6.13. The van der Waals surface area contributed by atoms with E-state index in [9.17, 15) is 0 Å². The van der Waals surface area contributed by atoms with E-state index in [0.29, 0.717) is 5.88 Å². The molecular weight excluding hydrogens is 280 g/mol. The highest BCUT2D eigenvalue weighted by Crippen LogP contribution is 2.62.